The van der Waals surface area contributed by atoms with Crippen molar-refractivity contribution in [1.82, 2.24) is 0 Å². The number of rotatable bonds is 2. The van der Waals surface area contributed by atoms with E-state index in [2.05, 4.69) is 0 Å². The van der Waals surface area contributed by atoms with Crippen molar-refractivity contribution in [3.8, 4) is 0 Å². The molecule has 4 nitrogen and oxygen atoms in total. The molecular formula is C13H12O4. The van der Waals surface area contributed by atoms with Gasteiger partial charge in [-0.15, -0.1) is 0 Å². The van der Waals surface area contributed by atoms with E-state index in [-0.39, 0.29) is 17.8 Å². The Hall–Kier alpha value is -1.58. The SMILES string of the molecule is O=C(O)C1=CC2C3C4C=CC(C(=O)O)(C2C1)C43. The summed E-state index contributed by atoms with van der Waals surface area (Å²) in [5.41, 5.74) is -0.363. The lowest BCUT2D eigenvalue weighted by Gasteiger charge is -2.29. The van der Waals surface area contributed by atoms with Crippen molar-refractivity contribution >= 4 is 11.9 Å². The van der Waals surface area contributed by atoms with E-state index in [1.165, 1.54) is 0 Å². The van der Waals surface area contributed by atoms with E-state index >= 15 is 0 Å². The maximum Gasteiger partial charge on any atom is 0.331 e. The van der Waals surface area contributed by atoms with E-state index in [9.17, 15) is 14.7 Å². The second-order valence-electron chi connectivity index (χ2n) is 5.66. The molecule has 88 valence electrons. The van der Waals surface area contributed by atoms with Gasteiger partial charge in [0.25, 0.3) is 0 Å². The quantitative estimate of drug-likeness (QED) is 0.700. The molecule has 0 spiro atoms. The highest BCUT2D eigenvalue weighted by atomic mass is 16.4. The molecule has 4 aliphatic rings. The van der Waals surface area contributed by atoms with E-state index in [4.69, 9.17) is 5.11 Å². The molecule has 0 radical (unpaired) electrons. The van der Waals surface area contributed by atoms with Gasteiger partial charge in [0.1, 0.15) is 0 Å². The summed E-state index contributed by atoms with van der Waals surface area (Å²) in [5, 5.41) is 18.6. The molecule has 0 bridgehead atoms. The van der Waals surface area contributed by atoms with E-state index in [1.807, 2.05) is 18.2 Å². The van der Waals surface area contributed by atoms with Gasteiger partial charge in [0, 0.05) is 5.57 Å². The molecule has 0 heterocycles. The molecule has 17 heavy (non-hydrogen) atoms. The van der Waals surface area contributed by atoms with Crippen molar-refractivity contribution < 1.29 is 19.8 Å². The number of aliphatic carboxylic acids is 2. The fraction of sp³-hybridized carbons (Fsp3) is 0.538. The van der Waals surface area contributed by atoms with Crippen LogP contribution in [0.3, 0.4) is 0 Å². The Kier molecular flexibility index (Phi) is 1.37. The maximum atomic E-state index is 11.6. The number of hydrogen-bond donors (Lipinski definition) is 2. The van der Waals surface area contributed by atoms with Gasteiger partial charge in [-0.3, -0.25) is 4.79 Å². The lowest BCUT2D eigenvalue weighted by atomic mass is 9.73. The van der Waals surface area contributed by atoms with Gasteiger partial charge in [0.2, 0.25) is 0 Å². The van der Waals surface area contributed by atoms with Gasteiger partial charge in [-0.1, -0.05) is 18.2 Å². The minimum Gasteiger partial charge on any atom is -0.481 e. The van der Waals surface area contributed by atoms with Gasteiger partial charge < -0.3 is 10.2 Å². The average molecular weight is 232 g/mol. The number of fused-ring (bicyclic) bond motifs is 4. The molecule has 0 aromatic carbocycles. The highest BCUT2D eigenvalue weighted by Crippen LogP contribution is 2.77. The molecule has 2 N–H and O–H groups in total. The lowest BCUT2D eigenvalue weighted by molar-refractivity contribution is -0.149. The van der Waals surface area contributed by atoms with E-state index in [1.54, 1.807) is 0 Å². The van der Waals surface area contributed by atoms with Crippen LogP contribution in [-0.2, 0) is 9.59 Å². The summed E-state index contributed by atoms with van der Waals surface area (Å²) in [7, 11) is 0. The zero-order valence-corrected chi connectivity index (χ0v) is 9.04. The zero-order chi connectivity index (χ0) is 11.9. The Morgan fingerprint density at radius 1 is 1.29 bits per heavy atom. The van der Waals surface area contributed by atoms with Crippen molar-refractivity contribution in [2.75, 3.05) is 0 Å². The zero-order valence-electron chi connectivity index (χ0n) is 9.04. The largest absolute Gasteiger partial charge is 0.481 e. The van der Waals surface area contributed by atoms with Crippen LogP contribution in [0.15, 0.2) is 23.8 Å². The van der Waals surface area contributed by atoms with Crippen LogP contribution in [0.25, 0.3) is 0 Å². The first-order valence-corrected chi connectivity index (χ1v) is 5.94. The van der Waals surface area contributed by atoms with Gasteiger partial charge in [0.05, 0.1) is 5.41 Å². The molecule has 0 saturated heterocycles. The third-order valence-electron chi connectivity index (χ3n) is 5.28. The third-order valence-corrected chi connectivity index (χ3v) is 5.28. The van der Waals surface area contributed by atoms with Crippen LogP contribution in [0.4, 0.5) is 0 Å². The summed E-state index contributed by atoms with van der Waals surface area (Å²) in [4.78, 5) is 22.6. The molecule has 2 saturated carbocycles. The Bertz CT molecular complexity index is 518. The summed E-state index contributed by atoms with van der Waals surface area (Å²) < 4.78 is 0. The molecular weight excluding hydrogens is 220 g/mol. The first kappa shape index (κ1) is 9.45. The Morgan fingerprint density at radius 2 is 2.06 bits per heavy atom. The summed E-state index contributed by atoms with van der Waals surface area (Å²) in [6, 6.07) is 0. The van der Waals surface area contributed by atoms with Gasteiger partial charge >= 0.3 is 11.9 Å². The minimum atomic E-state index is -0.892. The molecule has 4 heteroatoms. The van der Waals surface area contributed by atoms with Crippen LogP contribution in [-0.4, -0.2) is 22.2 Å². The van der Waals surface area contributed by atoms with Gasteiger partial charge in [-0.2, -0.15) is 0 Å². The fourth-order valence-corrected chi connectivity index (χ4v) is 4.68. The average Bonchev–Trinajstić information content (AvgIpc) is 2.61. The molecule has 0 amide bonds. The van der Waals surface area contributed by atoms with Gasteiger partial charge in [-0.05, 0) is 36.0 Å². The van der Waals surface area contributed by atoms with E-state index < -0.39 is 17.4 Å². The fourth-order valence-electron chi connectivity index (χ4n) is 4.68. The topological polar surface area (TPSA) is 74.6 Å². The molecule has 2 fully saturated rings. The summed E-state index contributed by atoms with van der Waals surface area (Å²) in [5.74, 6) is -0.511. The number of hydrogen-bond acceptors (Lipinski definition) is 2. The molecule has 4 rings (SSSR count). The highest BCUT2D eigenvalue weighted by Gasteiger charge is 2.77. The van der Waals surface area contributed by atoms with Crippen molar-refractivity contribution in [1.29, 1.82) is 0 Å². The summed E-state index contributed by atoms with van der Waals surface area (Å²) in [6.07, 6.45) is 6.11. The van der Waals surface area contributed by atoms with E-state index in [0.717, 1.165) is 0 Å². The second kappa shape index (κ2) is 2.47. The number of carboxylic acids is 2. The van der Waals surface area contributed by atoms with E-state index in [0.29, 0.717) is 23.8 Å². The maximum absolute atomic E-state index is 11.6. The first-order chi connectivity index (χ1) is 8.07. The number of allylic oxidation sites excluding steroid dienone is 2. The molecule has 6 unspecified atom stereocenters. The summed E-state index contributed by atoms with van der Waals surface area (Å²) >= 11 is 0. The minimum absolute atomic E-state index is 0.0314. The molecule has 4 aliphatic carbocycles. The standard InChI is InChI=1S/C13H12O4/c14-11(15)5-3-7-8(4-5)13(12(16)17)2-1-6-9(7)10(6)13/h1-3,6-10H,4H2,(H,14,15)(H,16,17). The van der Waals surface area contributed by atoms with Crippen LogP contribution < -0.4 is 0 Å². The van der Waals surface area contributed by atoms with Crippen LogP contribution >= 0.6 is 0 Å². The monoisotopic (exact) mass is 232 g/mol. The van der Waals surface area contributed by atoms with Crippen LogP contribution in [0, 0.1) is 35.0 Å². The highest BCUT2D eigenvalue weighted by molar-refractivity contribution is 5.89. The predicted molar refractivity (Wildman–Crippen MR) is 57.0 cm³/mol. The Labute approximate surface area is 97.6 Å². The Morgan fingerprint density at radius 3 is 2.71 bits per heavy atom. The molecule has 0 aromatic rings. The Balaban J connectivity index is 1.80. The van der Waals surface area contributed by atoms with Crippen LogP contribution in [0.1, 0.15) is 6.42 Å². The number of carboxylic acid groups (broad SMARTS) is 2. The first-order valence-electron chi connectivity index (χ1n) is 5.94. The lowest BCUT2D eigenvalue weighted by Crippen LogP contribution is -2.36. The smallest absolute Gasteiger partial charge is 0.331 e. The predicted octanol–water partition coefficient (Wildman–Crippen LogP) is 1.15. The van der Waals surface area contributed by atoms with Crippen molar-refractivity contribution in [2.45, 2.75) is 6.42 Å². The molecule has 0 aromatic heterocycles. The van der Waals surface area contributed by atoms with Crippen molar-refractivity contribution in [3.63, 3.8) is 0 Å². The van der Waals surface area contributed by atoms with Crippen molar-refractivity contribution in [3.05, 3.63) is 23.8 Å². The molecule has 0 aliphatic heterocycles. The number of carbonyl (C=O) groups is 2. The van der Waals surface area contributed by atoms with Crippen LogP contribution in [0.2, 0.25) is 0 Å². The van der Waals surface area contributed by atoms with Crippen LogP contribution in [0.5, 0.6) is 0 Å². The van der Waals surface area contributed by atoms with Gasteiger partial charge in [-0.25, -0.2) is 4.79 Å². The summed E-state index contributed by atoms with van der Waals surface area (Å²) in [6.45, 7) is 0. The normalized spacial score (nSPS) is 52.0. The van der Waals surface area contributed by atoms with Gasteiger partial charge in [0.15, 0.2) is 0 Å². The second-order valence-corrected chi connectivity index (χ2v) is 5.66. The van der Waals surface area contributed by atoms with Crippen molar-refractivity contribution in [2.24, 2.45) is 35.0 Å². The third kappa shape index (κ3) is 0.809. The molecule has 6 atom stereocenters.